The molecule has 22 nitrogen and oxygen atoms in total. The van der Waals surface area contributed by atoms with Crippen LogP contribution in [0.2, 0.25) is 0 Å². The third-order valence-corrected chi connectivity index (χ3v) is 25.6. The number of hydrogen-bond donors (Lipinski definition) is 5. The molecular formula is C102H122N8O14S4. The maximum Gasteiger partial charge on any atom is 0.236 e. The smallest absolute Gasteiger partial charge is 0.236 e. The number of aliphatic hydroxyl groups is 1. The van der Waals surface area contributed by atoms with Crippen LogP contribution in [0.25, 0.3) is 0 Å². The van der Waals surface area contributed by atoms with Gasteiger partial charge in [-0.3, -0.25) is 24.0 Å². The molecule has 8 heterocycles. The summed E-state index contributed by atoms with van der Waals surface area (Å²) in [4.78, 5) is 85.3. The number of aliphatic hydroxyl groups excluding tert-OH is 1. The Morgan fingerprint density at radius 3 is 0.836 bits per heavy atom. The summed E-state index contributed by atoms with van der Waals surface area (Å²) < 4.78 is 43.2. The molecule has 678 valence electrons. The van der Waals surface area contributed by atoms with Crippen LogP contribution in [0.5, 0.6) is 46.0 Å². The molecule has 4 saturated carbocycles. The van der Waals surface area contributed by atoms with E-state index >= 15 is 0 Å². The van der Waals surface area contributed by atoms with Gasteiger partial charge in [-0.05, 0) is 139 Å². The number of hydrogen-bond acceptors (Lipinski definition) is 22. The number of carbonyl (C=O) groups excluding carboxylic acids is 5. The second-order valence-corrected chi connectivity index (χ2v) is 32.6. The SMILES string of the molecule is CC.CC.CC.CC.CC.CC.CC.CC.CC(c1ccccc1)c1cnc(NC(=O)C2(c3ccc4c(c3)OCO4)CC2)s1.CC(c1ccccc1)c1cnc(NC(=O)C2(c3ccc4c(c3)OCO4)CC2)s1.O=C(Nc1ncc(C(O)c2ccccc2)s1)C1(c2ccc3c(c2)OCO3)CC1.O=C(c1ccccc1)c1cnc(NC(=O)C2(c3ccc4c(c3)OCO4)CC2)s1. The molecule has 0 radical (unpaired) electrons. The Kier molecular flexibility index (Phi) is 37.8. The van der Waals surface area contributed by atoms with Gasteiger partial charge in [-0.25, -0.2) is 19.9 Å². The highest BCUT2D eigenvalue weighted by molar-refractivity contribution is 7.18. The first-order valence-corrected chi connectivity index (χ1v) is 48.0. The van der Waals surface area contributed by atoms with E-state index in [2.05, 4.69) is 79.3 Å². The first-order valence-electron chi connectivity index (χ1n) is 44.7. The minimum Gasteiger partial charge on any atom is -0.454 e. The molecule has 5 N–H and O–H groups in total. The van der Waals surface area contributed by atoms with Crippen LogP contribution in [0.4, 0.5) is 20.5 Å². The number of rotatable bonds is 20. The van der Waals surface area contributed by atoms with Crippen LogP contribution in [0.1, 0.15) is 263 Å². The van der Waals surface area contributed by atoms with E-state index < -0.39 is 27.8 Å². The summed E-state index contributed by atoms with van der Waals surface area (Å²) in [5.74, 6) is 5.84. The molecular weight excluding hydrogens is 1690 g/mol. The highest BCUT2D eigenvalue weighted by Gasteiger charge is 2.55. The number of ether oxygens (including phenoxy) is 8. The van der Waals surface area contributed by atoms with Crippen molar-refractivity contribution >= 4 is 95.3 Å². The molecule has 3 atom stereocenters. The number of nitrogens with one attached hydrogen (secondary N) is 4. The largest absolute Gasteiger partial charge is 0.454 e. The topological polar surface area (TPSA) is 279 Å². The molecule has 26 heteroatoms. The quantitative estimate of drug-likeness (QED) is 0.0443. The van der Waals surface area contributed by atoms with Crippen molar-refractivity contribution in [3.8, 4) is 46.0 Å². The molecule has 0 bridgehead atoms. The van der Waals surface area contributed by atoms with Crippen LogP contribution in [0, 0.1) is 0 Å². The Bertz CT molecular complexity index is 5120. The molecule has 8 aliphatic rings. The van der Waals surface area contributed by atoms with Gasteiger partial charge in [-0.15, -0.1) is 22.7 Å². The summed E-state index contributed by atoms with van der Waals surface area (Å²) in [6, 6.07) is 61.9. The van der Waals surface area contributed by atoms with E-state index in [4.69, 9.17) is 37.9 Å². The molecule has 4 amide bonds. The zero-order valence-corrected chi connectivity index (χ0v) is 79.9. The summed E-state index contributed by atoms with van der Waals surface area (Å²) in [5, 5.41) is 24.6. The van der Waals surface area contributed by atoms with Gasteiger partial charge < -0.3 is 64.3 Å². The third kappa shape index (κ3) is 23.8. The standard InChI is InChI=1S/2C22H20N2O3S.C21H18N2O4S.C21H16N2O4S.8C2H6/c2*1-14(15-5-3-2-4-6-15)19-12-23-21(28-19)24-20(25)22(9-10-22)16-7-8-17-18(11-16)27-13-26-17;2*24-18(13-4-2-1-3-5-13)17-11-22-20(28-17)23-19(25)21(8-9-21)14-6-7-15-16(10-14)27-12-26-15;8*1-2/h2*2-8,11-12,14H,9-10,13H2,1H3,(H,23,24,25);1-7,10-11,18,24H,8-9,12H2,(H,22,23,25);1-7,10-11H,8-9,12H2,(H,22,23,25);8*1-2H3. The third-order valence-electron chi connectivity index (χ3n) is 21.5. The average Bonchev–Trinajstić information content (AvgIpc) is 1.61. The molecule has 4 aliphatic heterocycles. The Morgan fingerprint density at radius 2 is 0.547 bits per heavy atom. The molecule has 20 rings (SSSR count). The number of nitrogens with zero attached hydrogens (tertiary/aromatic N) is 4. The maximum atomic E-state index is 13.0. The van der Waals surface area contributed by atoms with Crippen molar-refractivity contribution in [1.82, 2.24) is 19.9 Å². The van der Waals surface area contributed by atoms with E-state index in [1.54, 1.807) is 18.3 Å². The van der Waals surface area contributed by atoms with Gasteiger partial charge in [0.1, 0.15) is 6.10 Å². The van der Waals surface area contributed by atoms with Crippen LogP contribution in [0.15, 0.2) is 219 Å². The van der Waals surface area contributed by atoms with Gasteiger partial charge in [0.05, 0.1) is 37.6 Å². The Labute approximate surface area is 770 Å². The summed E-state index contributed by atoms with van der Waals surface area (Å²) in [6.07, 6.45) is 12.5. The number of anilines is 4. The Morgan fingerprint density at radius 1 is 0.305 bits per heavy atom. The van der Waals surface area contributed by atoms with Crippen molar-refractivity contribution in [3.05, 3.63) is 283 Å². The fraction of sp³-hybridized carbons (Fsp3) is 0.363. The summed E-state index contributed by atoms with van der Waals surface area (Å²) in [5.41, 5.74) is 5.56. The number of thiazole rings is 4. The van der Waals surface area contributed by atoms with Gasteiger partial charge in [0.15, 0.2) is 66.5 Å². The molecule has 3 unspecified atom stereocenters. The van der Waals surface area contributed by atoms with Crippen LogP contribution in [0.3, 0.4) is 0 Å². The number of benzene rings is 8. The second-order valence-electron chi connectivity index (χ2n) is 28.4. The van der Waals surface area contributed by atoms with Crippen LogP contribution in [-0.4, -0.2) is 81.6 Å². The van der Waals surface area contributed by atoms with Crippen molar-refractivity contribution in [1.29, 1.82) is 0 Å². The van der Waals surface area contributed by atoms with Crippen molar-refractivity contribution in [2.45, 2.75) is 216 Å². The van der Waals surface area contributed by atoms with E-state index in [9.17, 15) is 29.1 Å². The predicted octanol–water partition coefficient (Wildman–Crippen LogP) is 25.0. The fourth-order valence-electron chi connectivity index (χ4n) is 14.1. The van der Waals surface area contributed by atoms with Gasteiger partial charge in [-0.2, -0.15) is 0 Å². The van der Waals surface area contributed by atoms with Crippen LogP contribution in [-0.2, 0) is 40.8 Å². The first kappa shape index (κ1) is 100.0. The van der Waals surface area contributed by atoms with Gasteiger partial charge in [0, 0.05) is 45.7 Å². The normalized spacial score (nSPS) is 15.1. The highest BCUT2D eigenvalue weighted by atomic mass is 32.1. The Balaban J connectivity index is 0.000000183. The molecule has 4 aliphatic carbocycles. The summed E-state index contributed by atoms with van der Waals surface area (Å²) in [6.45, 7) is 37.2. The monoisotopic (exact) mass is 1810 g/mol. The van der Waals surface area contributed by atoms with Gasteiger partial charge in [0.25, 0.3) is 0 Å². The zero-order chi connectivity index (χ0) is 92.6. The van der Waals surface area contributed by atoms with E-state index in [0.717, 1.165) is 100 Å². The lowest BCUT2D eigenvalue weighted by atomic mass is 9.94. The van der Waals surface area contributed by atoms with Crippen LogP contribution < -0.4 is 59.2 Å². The average molecular weight is 1810 g/mol. The highest BCUT2D eigenvalue weighted by Crippen LogP contribution is 2.56. The Hall–Kier alpha value is -11.8. The predicted molar refractivity (Wildman–Crippen MR) is 516 cm³/mol. The molecule has 4 aromatic heterocycles. The second kappa shape index (κ2) is 48.4. The van der Waals surface area contributed by atoms with E-state index in [1.807, 2.05) is 281 Å². The molecule has 0 saturated heterocycles. The number of amides is 4. The zero-order valence-electron chi connectivity index (χ0n) is 76.7. The molecule has 0 spiro atoms. The summed E-state index contributed by atoms with van der Waals surface area (Å²) >= 11 is 5.54. The number of carbonyl (C=O) groups is 5. The molecule has 12 aromatic rings. The number of aromatic nitrogens is 4. The minimum atomic E-state index is -0.756. The lowest BCUT2D eigenvalue weighted by Crippen LogP contribution is -2.27. The fourth-order valence-corrected chi connectivity index (χ4v) is 17.5. The number of ketones is 1. The van der Waals surface area contributed by atoms with Gasteiger partial charge >= 0.3 is 0 Å². The van der Waals surface area contributed by atoms with Crippen molar-refractivity contribution < 1.29 is 67.0 Å². The minimum absolute atomic E-state index is 0.000343. The van der Waals surface area contributed by atoms with E-state index in [1.165, 1.54) is 62.7 Å². The lowest BCUT2D eigenvalue weighted by molar-refractivity contribution is -0.119. The van der Waals surface area contributed by atoms with E-state index in [-0.39, 0.29) is 68.4 Å². The first-order chi connectivity index (χ1) is 62.6. The van der Waals surface area contributed by atoms with Gasteiger partial charge in [0.2, 0.25) is 56.6 Å². The van der Waals surface area contributed by atoms with Crippen molar-refractivity contribution in [2.75, 3.05) is 48.4 Å². The van der Waals surface area contributed by atoms with Crippen LogP contribution >= 0.6 is 45.3 Å². The maximum absolute atomic E-state index is 13.0. The van der Waals surface area contributed by atoms with Crippen molar-refractivity contribution in [2.24, 2.45) is 0 Å². The molecule has 4 fully saturated rings. The summed E-state index contributed by atoms with van der Waals surface area (Å²) in [7, 11) is 0. The van der Waals surface area contributed by atoms with Gasteiger partial charge in [-0.1, -0.05) is 293 Å². The molecule has 128 heavy (non-hydrogen) atoms. The van der Waals surface area contributed by atoms with Crippen molar-refractivity contribution in [3.63, 3.8) is 0 Å². The van der Waals surface area contributed by atoms with E-state index in [0.29, 0.717) is 70.3 Å². The lowest BCUT2D eigenvalue weighted by Gasteiger charge is -2.15. The number of fused-ring (bicyclic) bond motifs is 4. The molecule has 8 aromatic carbocycles.